The first-order valence-corrected chi connectivity index (χ1v) is 7.93. The van der Waals surface area contributed by atoms with Gasteiger partial charge in [-0.15, -0.1) is 0 Å². The highest BCUT2D eigenvalue weighted by atomic mass is 16.3. The van der Waals surface area contributed by atoms with Crippen LogP contribution in [0, 0.1) is 0 Å². The van der Waals surface area contributed by atoms with E-state index in [4.69, 9.17) is 5.11 Å². The number of nitrogens with one attached hydrogen (secondary N) is 1. The van der Waals surface area contributed by atoms with Gasteiger partial charge in [0, 0.05) is 25.7 Å². The minimum atomic E-state index is -0.0109. The third kappa shape index (κ3) is 4.55. The number of aliphatic hydroxyl groups excluding tert-OH is 1. The zero-order valence-corrected chi connectivity index (χ0v) is 12.8. The summed E-state index contributed by atoms with van der Waals surface area (Å²) in [7, 11) is 0. The van der Waals surface area contributed by atoms with Crippen molar-refractivity contribution < 1.29 is 9.90 Å². The Kier molecular flexibility index (Phi) is 6.21. The van der Waals surface area contributed by atoms with Crippen LogP contribution >= 0.6 is 0 Å². The lowest BCUT2D eigenvalue weighted by Gasteiger charge is -2.40. The number of hydrogen-bond acceptors (Lipinski definition) is 3. The predicted octanol–water partition coefficient (Wildman–Crippen LogP) is 1.93. The number of aliphatic hydroxyl groups is 1. The van der Waals surface area contributed by atoms with E-state index in [1.165, 1.54) is 5.56 Å². The highest BCUT2D eigenvalue weighted by Crippen LogP contribution is 2.21. The number of carbonyl (C=O) groups excluding carboxylic acids is 1. The molecule has 21 heavy (non-hydrogen) atoms. The first-order valence-electron chi connectivity index (χ1n) is 7.93. The Morgan fingerprint density at radius 2 is 2.14 bits per heavy atom. The topological polar surface area (TPSA) is 52.6 Å². The minimum Gasteiger partial charge on any atom is -0.396 e. The molecule has 2 atom stereocenters. The number of hydrogen-bond donors (Lipinski definition) is 2. The first kappa shape index (κ1) is 16.0. The van der Waals surface area contributed by atoms with Gasteiger partial charge in [0.25, 0.3) is 0 Å². The molecule has 0 aromatic heterocycles. The van der Waals surface area contributed by atoms with E-state index in [9.17, 15) is 4.79 Å². The molecule has 1 heterocycles. The fourth-order valence-corrected chi connectivity index (χ4v) is 2.84. The Balaban J connectivity index is 1.84. The van der Waals surface area contributed by atoms with Crippen molar-refractivity contribution in [1.82, 2.24) is 10.2 Å². The monoisotopic (exact) mass is 290 g/mol. The molecular formula is C17H26N2O2. The third-order valence-electron chi connectivity index (χ3n) is 4.12. The number of rotatable bonds is 8. The van der Waals surface area contributed by atoms with E-state index >= 15 is 0 Å². The molecule has 1 fully saturated rings. The highest BCUT2D eigenvalue weighted by Gasteiger charge is 2.34. The summed E-state index contributed by atoms with van der Waals surface area (Å²) >= 11 is 0. The van der Waals surface area contributed by atoms with E-state index in [1.807, 2.05) is 18.2 Å². The Labute approximate surface area is 127 Å². The summed E-state index contributed by atoms with van der Waals surface area (Å²) in [5.74, 6) is 0.115. The maximum Gasteiger partial charge on any atom is 0.237 e. The summed E-state index contributed by atoms with van der Waals surface area (Å²) in [5, 5.41) is 12.2. The quantitative estimate of drug-likeness (QED) is 0.769. The molecule has 0 aliphatic carbocycles. The number of amides is 1. The van der Waals surface area contributed by atoms with Crippen molar-refractivity contribution in [2.24, 2.45) is 0 Å². The van der Waals surface area contributed by atoms with Gasteiger partial charge in [-0.3, -0.25) is 9.69 Å². The van der Waals surface area contributed by atoms with Crippen LogP contribution in [-0.2, 0) is 11.3 Å². The van der Waals surface area contributed by atoms with Gasteiger partial charge in [0.15, 0.2) is 0 Å². The van der Waals surface area contributed by atoms with E-state index in [0.717, 1.165) is 32.4 Å². The Hall–Kier alpha value is -1.39. The van der Waals surface area contributed by atoms with Crippen molar-refractivity contribution in [3.8, 4) is 0 Å². The lowest BCUT2D eigenvalue weighted by Crippen LogP contribution is -2.57. The van der Waals surface area contributed by atoms with Crippen LogP contribution < -0.4 is 5.32 Å². The van der Waals surface area contributed by atoms with Crippen molar-refractivity contribution in [2.75, 3.05) is 13.2 Å². The van der Waals surface area contributed by atoms with Crippen molar-refractivity contribution in [3.63, 3.8) is 0 Å². The Bertz CT molecular complexity index is 430. The summed E-state index contributed by atoms with van der Waals surface area (Å²) in [6.07, 6.45) is 3.52. The summed E-state index contributed by atoms with van der Waals surface area (Å²) < 4.78 is 0. The van der Waals surface area contributed by atoms with Crippen molar-refractivity contribution in [2.45, 2.75) is 51.2 Å². The van der Waals surface area contributed by atoms with Gasteiger partial charge in [0.2, 0.25) is 5.91 Å². The third-order valence-corrected chi connectivity index (χ3v) is 4.12. The molecule has 0 radical (unpaired) electrons. The standard InChI is InChI=1S/C17H26N2O2/c1-2-6-15(10-12-20)18-17(21)16-9-11-19(16)13-14-7-4-3-5-8-14/h3-5,7-8,15-16,20H,2,6,9-13H2,1H3,(H,18,21)/t15-,16?/m0/s1. The van der Waals surface area contributed by atoms with Crippen molar-refractivity contribution >= 4 is 5.91 Å². The lowest BCUT2D eigenvalue weighted by molar-refractivity contribution is -0.132. The first-order chi connectivity index (χ1) is 10.2. The highest BCUT2D eigenvalue weighted by molar-refractivity contribution is 5.82. The Morgan fingerprint density at radius 1 is 1.38 bits per heavy atom. The average Bonchev–Trinajstić information content (AvgIpc) is 2.45. The summed E-state index contributed by atoms with van der Waals surface area (Å²) in [6.45, 7) is 4.04. The van der Waals surface area contributed by atoms with E-state index in [2.05, 4.69) is 29.3 Å². The molecule has 1 aliphatic heterocycles. The van der Waals surface area contributed by atoms with Crippen molar-refractivity contribution in [3.05, 3.63) is 35.9 Å². The molecule has 1 amide bonds. The maximum absolute atomic E-state index is 12.4. The van der Waals surface area contributed by atoms with Crippen LogP contribution in [0.5, 0.6) is 0 Å². The van der Waals surface area contributed by atoms with Gasteiger partial charge >= 0.3 is 0 Å². The Morgan fingerprint density at radius 3 is 2.71 bits per heavy atom. The second kappa shape index (κ2) is 8.15. The van der Waals surface area contributed by atoms with Crippen LogP contribution in [0.4, 0.5) is 0 Å². The van der Waals surface area contributed by atoms with Crippen LogP contribution in [0.25, 0.3) is 0 Å². The lowest BCUT2D eigenvalue weighted by atomic mass is 9.99. The summed E-state index contributed by atoms with van der Waals surface area (Å²) in [4.78, 5) is 14.6. The predicted molar refractivity (Wildman–Crippen MR) is 83.8 cm³/mol. The molecule has 2 N–H and O–H groups in total. The van der Waals surface area contributed by atoms with Crippen LogP contribution in [0.15, 0.2) is 30.3 Å². The fourth-order valence-electron chi connectivity index (χ4n) is 2.84. The van der Waals surface area contributed by atoms with Gasteiger partial charge in [-0.2, -0.15) is 0 Å². The molecule has 4 nitrogen and oxygen atoms in total. The minimum absolute atomic E-state index is 0.0109. The van der Waals surface area contributed by atoms with Crippen LogP contribution in [0.1, 0.15) is 38.2 Å². The maximum atomic E-state index is 12.4. The van der Waals surface area contributed by atoms with E-state index in [1.54, 1.807) is 0 Å². The fraction of sp³-hybridized carbons (Fsp3) is 0.588. The second-order valence-electron chi connectivity index (χ2n) is 5.77. The average molecular weight is 290 g/mol. The molecule has 1 aliphatic rings. The summed E-state index contributed by atoms with van der Waals surface area (Å²) in [6, 6.07) is 10.4. The number of nitrogens with zero attached hydrogens (tertiary/aromatic N) is 1. The molecule has 0 saturated carbocycles. The van der Waals surface area contributed by atoms with Gasteiger partial charge < -0.3 is 10.4 Å². The van der Waals surface area contributed by atoms with E-state index in [0.29, 0.717) is 6.42 Å². The smallest absolute Gasteiger partial charge is 0.237 e. The molecule has 116 valence electrons. The van der Waals surface area contributed by atoms with Crippen molar-refractivity contribution in [1.29, 1.82) is 0 Å². The molecule has 0 spiro atoms. The number of likely N-dealkylation sites (tertiary alicyclic amines) is 1. The van der Waals surface area contributed by atoms with E-state index in [-0.39, 0.29) is 24.6 Å². The van der Waals surface area contributed by atoms with Crippen LogP contribution in [0.2, 0.25) is 0 Å². The largest absolute Gasteiger partial charge is 0.396 e. The molecule has 1 aromatic carbocycles. The number of carbonyl (C=O) groups is 1. The van der Waals surface area contributed by atoms with Crippen LogP contribution in [-0.4, -0.2) is 41.1 Å². The van der Waals surface area contributed by atoms with Gasteiger partial charge in [0.1, 0.15) is 0 Å². The molecule has 1 unspecified atom stereocenters. The molecule has 0 bridgehead atoms. The van der Waals surface area contributed by atoms with Gasteiger partial charge in [-0.1, -0.05) is 43.7 Å². The zero-order chi connectivity index (χ0) is 15.1. The SMILES string of the molecule is CCC[C@@H](CCO)NC(=O)C1CCN1Cc1ccccc1. The zero-order valence-electron chi connectivity index (χ0n) is 12.8. The molecular weight excluding hydrogens is 264 g/mol. The molecule has 4 heteroatoms. The molecule has 1 aromatic rings. The van der Waals surface area contributed by atoms with Gasteiger partial charge in [-0.25, -0.2) is 0 Å². The van der Waals surface area contributed by atoms with E-state index < -0.39 is 0 Å². The van der Waals surface area contributed by atoms with Gasteiger partial charge in [-0.05, 0) is 24.8 Å². The number of benzene rings is 1. The van der Waals surface area contributed by atoms with Crippen LogP contribution in [0.3, 0.4) is 0 Å². The molecule has 2 rings (SSSR count). The van der Waals surface area contributed by atoms with Gasteiger partial charge in [0.05, 0.1) is 6.04 Å². The normalized spacial score (nSPS) is 19.8. The summed E-state index contributed by atoms with van der Waals surface area (Å²) in [5.41, 5.74) is 1.25. The second-order valence-corrected chi connectivity index (χ2v) is 5.77. The molecule has 1 saturated heterocycles.